The first-order chi connectivity index (χ1) is 8.36. The average Bonchev–Trinajstić information content (AvgIpc) is 2.99. The largest absolute Gasteiger partial charge is 0.468 e. The molecule has 1 aromatic carbocycles. The van der Waals surface area contributed by atoms with Crippen LogP contribution in [0.4, 0.5) is 0 Å². The molecule has 1 atom stereocenters. The van der Waals surface area contributed by atoms with Crippen LogP contribution < -0.4 is 0 Å². The van der Waals surface area contributed by atoms with Gasteiger partial charge in [0.1, 0.15) is 5.92 Å². The Morgan fingerprint density at radius 3 is 2.17 bits per heavy atom. The van der Waals surface area contributed by atoms with Crippen LogP contribution in [0.5, 0.6) is 0 Å². The molecule has 2 heteroatoms. The summed E-state index contributed by atoms with van der Waals surface area (Å²) in [6.45, 7) is 8.58. The lowest BCUT2D eigenvalue weighted by Gasteiger charge is -2.18. The second-order valence-corrected chi connectivity index (χ2v) is 5.88. The van der Waals surface area contributed by atoms with Gasteiger partial charge in [0.2, 0.25) is 0 Å². The van der Waals surface area contributed by atoms with Crippen molar-refractivity contribution >= 4 is 11.5 Å². The minimum atomic E-state index is -0.151. The van der Waals surface area contributed by atoms with Crippen LogP contribution in [0.3, 0.4) is 0 Å². The van der Waals surface area contributed by atoms with Gasteiger partial charge < -0.3 is 4.74 Å². The lowest BCUT2D eigenvalue weighted by molar-refractivity contribution is -0.141. The van der Waals surface area contributed by atoms with Crippen LogP contribution >= 0.6 is 0 Å². The summed E-state index contributed by atoms with van der Waals surface area (Å²) in [5.41, 5.74) is 4.86. The summed E-state index contributed by atoms with van der Waals surface area (Å²) in [4.78, 5) is 11.5. The van der Waals surface area contributed by atoms with Crippen molar-refractivity contribution in [2.75, 3.05) is 7.11 Å². The third-order valence-corrected chi connectivity index (χ3v) is 3.56. The van der Waals surface area contributed by atoms with E-state index in [0.29, 0.717) is 0 Å². The van der Waals surface area contributed by atoms with Crippen molar-refractivity contribution in [1.29, 1.82) is 0 Å². The van der Waals surface area contributed by atoms with Gasteiger partial charge in [-0.05, 0) is 34.6 Å². The predicted molar refractivity (Wildman–Crippen MR) is 73.2 cm³/mol. The number of hydrogen-bond acceptors (Lipinski definition) is 2. The summed E-state index contributed by atoms with van der Waals surface area (Å²) in [5.74, 6) is -0.266. The molecule has 0 spiro atoms. The van der Waals surface area contributed by atoms with E-state index in [2.05, 4.69) is 45.0 Å². The summed E-state index contributed by atoms with van der Waals surface area (Å²) >= 11 is 0. The number of rotatable bonds is 2. The molecule has 0 fully saturated rings. The Kier molecular flexibility index (Phi) is 3.05. The Balaban J connectivity index is 2.20. The molecule has 0 aromatic heterocycles. The predicted octanol–water partition coefficient (Wildman–Crippen LogP) is 3.56. The van der Waals surface area contributed by atoms with E-state index < -0.39 is 0 Å². The van der Waals surface area contributed by atoms with Gasteiger partial charge in [-0.25, -0.2) is 0 Å². The minimum Gasteiger partial charge on any atom is -0.468 e. The molecule has 0 amide bonds. The highest BCUT2D eigenvalue weighted by molar-refractivity contribution is 6.03. The zero-order valence-corrected chi connectivity index (χ0v) is 11.7. The maximum Gasteiger partial charge on any atom is 0.317 e. The molecule has 0 aliphatic heterocycles. The molecule has 0 saturated heterocycles. The fourth-order valence-electron chi connectivity index (χ4n) is 2.29. The van der Waals surface area contributed by atoms with E-state index in [0.717, 1.165) is 16.7 Å². The summed E-state index contributed by atoms with van der Waals surface area (Å²) in [5, 5.41) is 0. The van der Waals surface area contributed by atoms with Gasteiger partial charge in [-0.3, -0.25) is 4.79 Å². The highest BCUT2D eigenvalue weighted by Crippen LogP contribution is 2.47. The second kappa shape index (κ2) is 4.27. The Labute approximate surface area is 109 Å². The monoisotopic (exact) mass is 244 g/mol. The number of hydrogen-bond donors (Lipinski definition) is 0. The van der Waals surface area contributed by atoms with Crippen molar-refractivity contribution in [3.8, 4) is 0 Å². The first-order valence-electron chi connectivity index (χ1n) is 6.25. The van der Waals surface area contributed by atoms with E-state index in [1.165, 1.54) is 12.7 Å². The fraction of sp³-hybridized carbons (Fsp3) is 0.438. The number of carbonyl (C=O) groups is 1. The van der Waals surface area contributed by atoms with E-state index in [-0.39, 0.29) is 17.3 Å². The van der Waals surface area contributed by atoms with Crippen LogP contribution in [-0.4, -0.2) is 13.1 Å². The molecule has 96 valence electrons. The molecule has 0 radical (unpaired) electrons. The molecule has 2 nitrogen and oxygen atoms in total. The topological polar surface area (TPSA) is 26.3 Å². The standard InChI is InChI=1S/C16H20O2/c1-10-13(14(10)15(17)18-5)11-6-8-12(9-7-11)16(2,3)4/h6-9,14H,1-5H3. The van der Waals surface area contributed by atoms with Crippen LogP contribution in [0.15, 0.2) is 29.8 Å². The molecule has 1 aliphatic carbocycles. The fourth-order valence-corrected chi connectivity index (χ4v) is 2.29. The van der Waals surface area contributed by atoms with Crippen molar-refractivity contribution in [1.82, 2.24) is 0 Å². The number of carbonyl (C=O) groups excluding carboxylic acids is 1. The van der Waals surface area contributed by atoms with Gasteiger partial charge >= 0.3 is 5.97 Å². The molecule has 0 heterocycles. The van der Waals surface area contributed by atoms with Gasteiger partial charge in [-0.15, -0.1) is 0 Å². The molecule has 1 aromatic rings. The molecule has 18 heavy (non-hydrogen) atoms. The normalized spacial score (nSPS) is 18.8. The van der Waals surface area contributed by atoms with E-state index >= 15 is 0 Å². The number of benzene rings is 1. The van der Waals surface area contributed by atoms with Crippen LogP contribution in [-0.2, 0) is 14.9 Å². The Hall–Kier alpha value is -1.57. The number of ether oxygens (including phenoxy) is 1. The summed E-state index contributed by atoms with van der Waals surface area (Å²) in [7, 11) is 1.44. The molecule has 1 aliphatic rings. The highest BCUT2D eigenvalue weighted by atomic mass is 16.5. The van der Waals surface area contributed by atoms with E-state index in [1.807, 2.05) is 6.92 Å². The van der Waals surface area contributed by atoms with Crippen LogP contribution in [0, 0.1) is 5.92 Å². The minimum absolute atomic E-state index is 0.115. The molecular formula is C16H20O2. The maximum absolute atomic E-state index is 11.5. The lowest BCUT2D eigenvalue weighted by Crippen LogP contribution is -2.10. The number of methoxy groups -OCH3 is 1. The van der Waals surface area contributed by atoms with Gasteiger partial charge in [0.15, 0.2) is 0 Å². The first-order valence-corrected chi connectivity index (χ1v) is 6.25. The number of esters is 1. The van der Waals surface area contributed by atoms with Crippen LogP contribution in [0.2, 0.25) is 0 Å². The Bertz CT molecular complexity index is 501. The van der Waals surface area contributed by atoms with Crippen LogP contribution in [0.1, 0.15) is 38.8 Å². The smallest absolute Gasteiger partial charge is 0.317 e. The van der Waals surface area contributed by atoms with Gasteiger partial charge in [-0.2, -0.15) is 0 Å². The molecule has 0 saturated carbocycles. The van der Waals surface area contributed by atoms with Crippen molar-refractivity contribution < 1.29 is 9.53 Å². The maximum atomic E-state index is 11.5. The quantitative estimate of drug-likeness (QED) is 0.743. The highest BCUT2D eigenvalue weighted by Gasteiger charge is 2.40. The van der Waals surface area contributed by atoms with Crippen molar-refractivity contribution in [2.45, 2.75) is 33.1 Å². The Morgan fingerprint density at radius 1 is 1.17 bits per heavy atom. The zero-order valence-electron chi connectivity index (χ0n) is 11.7. The molecule has 1 unspecified atom stereocenters. The van der Waals surface area contributed by atoms with E-state index in [1.54, 1.807) is 0 Å². The van der Waals surface area contributed by atoms with Gasteiger partial charge in [-0.1, -0.05) is 45.0 Å². The third kappa shape index (κ3) is 2.20. The lowest BCUT2D eigenvalue weighted by atomic mass is 9.86. The van der Waals surface area contributed by atoms with Crippen molar-refractivity contribution in [3.05, 3.63) is 41.0 Å². The Morgan fingerprint density at radius 2 is 1.72 bits per heavy atom. The van der Waals surface area contributed by atoms with Crippen LogP contribution in [0.25, 0.3) is 5.57 Å². The zero-order chi connectivity index (χ0) is 13.5. The van der Waals surface area contributed by atoms with E-state index in [4.69, 9.17) is 4.74 Å². The summed E-state index contributed by atoms with van der Waals surface area (Å²) < 4.78 is 4.79. The molecule has 2 rings (SSSR count). The van der Waals surface area contributed by atoms with Crippen molar-refractivity contribution in [2.24, 2.45) is 5.92 Å². The molecular weight excluding hydrogens is 224 g/mol. The van der Waals surface area contributed by atoms with E-state index in [9.17, 15) is 4.79 Å². The molecule has 0 bridgehead atoms. The first kappa shape index (κ1) is 12.9. The summed E-state index contributed by atoms with van der Waals surface area (Å²) in [6, 6.07) is 8.48. The second-order valence-electron chi connectivity index (χ2n) is 5.88. The molecule has 0 N–H and O–H groups in total. The third-order valence-electron chi connectivity index (χ3n) is 3.56. The summed E-state index contributed by atoms with van der Waals surface area (Å²) in [6.07, 6.45) is 0. The SMILES string of the molecule is COC(=O)C1C(C)=C1c1ccc(C(C)(C)C)cc1. The van der Waals surface area contributed by atoms with Gasteiger partial charge in [0.05, 0.1) is 7.11 Å². The average molecular weight is 244 g/mol. The van der Waals surface area contributed by atoms with Crippen molar-refractivity contribution in [3.63, 3.8) is 0 Å². The van der Waals surface area contributed by atoms with Gasteiger partial charge in [0, 0.05) is 0 Å². The van der Waals surface area contributed by atoms with Gasteiger partial charge in [0.25, 0.3) is 0 Å².